The number of hydrogen-bond acceptors (Lipinski definition) is 1. The summed E-state index contributed by atoms with van der Waals surface area (Å²) in [4.78, 5) is 12.2. The van der Waals surface area contributed by atoms with Crippen LogP contribution in [0.1, 0.15) is 10.4 Å². The Bertz CT molecular complexity index is 670. The summed E-state index contributed by atoms with van der Waals surface area (Å²) >= 11 is 19.6. The number of nitrogens with one attached hydrogen (secondary N) is 1. The van der Waals surface area contributed by atoms with Crippen molar-refractivity contribution in [3.63, 3.8) is 0 Å². The molecule has 104 valence electrons. The zero-order chi connectivity index (χ0) is 14.9. The van der Waals surface area contributed by atoms with Gasteiger partial charge < -0.3 is 5.32 Å². The molecule has 2 nitrogen and oxygen atoms in total. The molecule has 1 amide bonds. The van der Waals surface area contributed by atoms with Gasteiger partial charge >= 0.3 is 0 Å². The summed E-state index contributed by atoms with van der Waals surface area (Å²) in [5, 5.41) is 3.05. The van der Waals surface area contributed by atoms with Crippen LogP contribution in [0.25, 0.3) is 0 Å². The van der Waals surface area contributed by atoms with E-state index in [2.05, 4.69) is 5.32 Å². The van der Waals surface area contributed by atoms with Crippen LogP contribution < -0.4 is 5.32 Å². The highest BCUT2D eigenvalue weighted by atomic mass is 127. The van der Waals surface area contributed by atoms with E-state index in [0.29, 0.717) is 10.6 Å². The van der Waals surface area contributed by atoms with Crippen LogP contribution in [0.5, 0.6) is 0 Å². The molecule has 0 radical (unpaired) electrons. The lowest BCUT2D eigenvalue weighted by Crippen LogP contribution is -2.14. The molecule has 0 aliphatic rings. The standard InChI is InChI=1S/C13H6Cl3FINO/c14-6-1-2-11(18)8(3-6)13(20)19-12-9(15)4-7(17)5-10(12)16/h1-5H,(H,19,20). The Kier molecular flexibility index (Phi) is 5.12. The summed E-state index contributed by atoms with van der Waals surface area (Å²) in [6.07, 6.45) is 0. The van der Waals surface area contributed by atoms with Crippen LogP contribution in [-0.4, -0.2) is 5.91 Å². The summed E-state index contributed by atoms with van der Waals surface area (Å²) in [5.41, 5.74) is 0.546. The number of halogens is 5. The lowest BCUT2D eigenvalue weighted by molar-refractivity contribution is 0.102. The van der Waals surface area contributed by atoms with E-state index in [-0.39, 0.29) is 15.7 Å². The minimum absolute atomic E-state index is 0.0281. The fourth-order valence-electron chi connectivity index (χ4n) is 1.51. The van der Waals surface area contributed by atoms with Gasteiger partial charge in [-0.2, -0.15) is 0 Å². The maximum absolute atomic E-state index is 13.1. The topological polar surface area (TPSA) is 29.1 Å². The van der Waals surface area contributed by atoms with Crippen LogP contribution in [-0.2, 0) is 0 Å². The van der Waals surface area contributed by atoms with Crippen molar-refractivity contribution in [2.24, 2.45) is 0 Å². The smallest absolute Gasteiger partial charge is 0.256 e. The van der Waals surface area contributed by atoms with E-state index in [0.717, 1.165) is 15.7 Å². The molecule has 20 heavy (non-hydrogen) atoms. The second-order valence-corrected chi connectivity index (χ2v) is 6.24. The van der Waals surface area contributed by atoms with E-state index in [1.54, 1.807) is 12.1 Å². The van der Waals surface area contributed by atoms with E-state index >= 15 is 0 Å². The van der Waals surface area contributed by atoms with Gasteiger partial charge in [0.25, 0.3) is 5.91 Å². The average Bonchev–Trinajstić information content (AvgIpc) is 2.36. The zero-order valence-electron chi connectivity index (χ0n) is 9.68. The third kappa shape index (κ3) is 3.55. The van der Waals surface area contributed by atoms with Crippen LogP contribution in [0.2, 0.25) is 15.1 Å². The van der Waals surface area contributed by atoms with Gasteiger partial charge in [0, 0.05) is 8.59 Å². The van der Waals surface area contributed by atoms with Crippen LogP contribution in [0.4, 0.5) is 10.1 Å². The van der Waals surface area contributed by atoms with Crippen LogP contribution >= 0.6 is 57.4 Å². The molecule has 0 unspecified atom stereocenters. The van der Waals surface area contributed by atoms with Crippen molar-refractivity contribution in [2.45, 2.75) is 0 Å². The Balaban J connectivity index is 2.35. The molecule has 0 spiro atoms. The fraction of sp³-hybridized carbons (Fsp3) is 0. The molecule has 1 N–H and O–H groups in total. The van der Waals surface area contributed by atoms with Gasteiger partial charge in [0.05, 0.1) is 21.3 Å². The van der Waals surface area contributed by atoms with Gasteiger partial charge in [-0.1, -0.05) is 34.8 Å². The maximum atomic E-state index is 13.1. The van der Waals surface area contributed by atoms with E-state index in [4.69, 9.17) is 34.8 Å². The molecule has 2 aromatic rings. The zero-order valence-corrected chi connectivity index (χ0v) is 14.1. The minimum Gasteiger partial charge on any atom is -0.319 e. The first-order chi connectivity index (χ1) is 9.38. The summed E-state index contributed by atoms with van der Waals surface area (Å²) in [6.45, 7) is 0. The highest BCUT2D eigenvalue weighted by Gasteiger charge is 2.15. The molecule has 0 heterocycles. The van der Waals surface area contributed by atoms with E-state index in [9.17, 15) is 9.18 Å². The number of carbonyl (C=O) groups is 1. The highest BCUT2D eigenvalue weighted by molar-refractivity contribution is 14.1. The molecule has 7 heteroatoms. The predicted octanol–water partition coefficient (Wildman–Crippen LogP) is 5.64. The van der Waals surface area contributed by atoms with Gasteiger partial charge in [-0.05, 0) is 52.9 Å². The van der Waals surface area contributed by atoms with Crippen LogP contribution in [0.15, 0.2) is 30.3 Å². The normalized spacial score (nSPS) is 10.4. The highest BCUT2D eigenvalue weighted by Crippen LogP contribution is 2.32. The summed E-state index contributed by atoms with van der Waals surface area (Å²) < 4.78 is 13.8. The Morgan fingerprint density at radius 2 is 1.70 bits per heavy atom. The summed E-state index contributed by atoms with van der Waals surface area (Å²) in [5.74, 6) is -0.998. The van der Waals surface area contributed by atoms with Crippen molar-refractivity contribution in [1.29, 1.82) is 0 Å². The number of hydrogen-bond donors (Lipinski definition) is 1. The molecular formula is C13H6Cl3FINO. The monoisotopic (exact) mass is 443 g/mol. The summed E-state index contributed by atoms with van der Waals surface area (Å²) in [7, 11) is 0. The van der Waals surface area contributed by atoms with Gasteiger partial charge in [0.15, 0.2) is 0 Å². The second-order valence-electron chi connectivity index (χ2n) is 3.82. The molecule has 2 rings (SSSR count). The molecule has 0 atom stereocenters. The molecule has 0 fully saturated rings. The number of carbonyl (C=O) groups excluding carboxylic acids is 1. The third-order valence-electron chi connectivity index (χ3n) is 2.42. The largest absolute Gasteiger partial charge is 0.319 e. The first kappa shape index (κ1) is 15.8. The summed E-state index contributed by atoms with van der Waals surface area (Å²) in [6, 6.07) is 7.08. The average molecular weight is 444 g/mol. The molecular weight excluding hydrogens is 438 g/mol. The molecule has 0 aromatic heterocycles. The molecule has 0 saturated heterocycles. The number of anilines is 1. The van der Waals surface area contributed by atoms with Crippen molar-refractivity contribution in [3.8, 4) is 0 Å². The van der Waals surface area contributed by atoms with Gasteiger partial charge in [-0.25, -0.2) is 4.39 Å². The minimum atomic E-state index is -0.574. The van der Waals surface area contributed by atoms with E-state index in [1.807, 2.05) is 22.6 Å². The first-order valence-electron chi connectivity index (χ1n) is 5.29. The SMILES string of the molecule is O=C(Nc1c(Cl)cc(F)cc1Cl)c1cc(Cl)ccc1I. The van der Waals surface area contributed by atoms with E-state index in [1.165, 1.54) is 6.07 Å². The number of amides is 1. The Labute approximate surface area is 143 Å². The van der Waals surface area contributed by atoms with Gasteiger partial charge in [-0.15, -0.1) is 0 Å². The molecule has 0 bridgehead atoms. The van der Waals surface area contributed by atoms with Crippen LogP contribution in [0, 0.1) is 9.39 Å². The van der Waals surface area contributed by atoms with Crippen LogP contribution in [0.3, 0.4) is 0 Å². The number of rotatable bonds is 2. The third-order valence-corrected chi connectivity index (χ3v) is 4.19. The van der Waals surface area contributed by atoms with Crippen molar-refractivity contribution in [3.05, 3.63) is 60.4 Å². The Morgan fingerprint density at radius 1 is 1.10 bits per heavy atom. The van der Waals surface area contributed by atoms with Gasteiger partial charge in [0.2, 0.25) is 0 Å². The molecule has 0 aliphatic carbocycles. The van der Waals surface area contributed by atoms with Crippen molar-refractivity contribution < 1.29 is 9.18 Å². The molecule has 2 aromatic carbocycles. The van der Waals surface area contributed by atoms with Crippen molar-refractivity contribution >= 4 is 69.0 Å². The van der Waals surface area contributed by atoms with Crippen molar-refractivity contribution in [1.82, 2.24) is 0 Å². The lowest BCUT2D eigenvalue weighted by Gasteiger charge is -2.10. The predicted molar refractivity (Wildman–Crippen MR) is 88.5 cm³/mol. The lowest BCUT2D eigenvalue weighted by atomic mass is 10.2. The Hall–Kier alpha value is -0.560. The second kappa shape index (κ2) is 6.47. The molecule has 0 saturated carbocycles. The number of benzene rings is 2. The van der Waals surface area contributed by atoms with Gasteiger partial charge in [-0.3, -0.25) is 4.79 Å². The first-order valence-corrected chi connectivity index (χ1v) is 7.50. The fourth-order valence-corrected chi connectivity index (χ4v) is 2.82. The molecule has 0 aliphatic heterocycles. The maximum Gasteiger partial charge on any atom is 0.256 e. The Morgan fingerprint density at radius 3 is 2.30 bits per heavy atom. The quantitative estimate of drug-likeness (QED) is 0.597. The van der Waals surface area contributed by atoms with E-state index < -0.39 is 11.7 Å². The van der Waals surface area contributed by atoms with Gasteiger partial charge in [0.1, 0.15) is 5.82 Å². The van der Waals surface area contributed by atoms with Crippen molar-refractivity contribution in [2.75, 3.05) is 5.32 Å².